The van der Waals surface area contributed by atoms with Crippen molar-refractivity contribution in [1.29, 1.82) is 0 Å². The number of fused-ring (bicyclic) bond motifs is 1. The van der Waals surface area contributed by atoms with Crippen LogP contribution in [0.15, 0.2) is 54.7 Å². The molecule has 4 rings (SSSR count). The molecule has 0 aliphatic heterocycles. The van der Waals surface area contributed by atoms with Gasteiger partial charge in [0.15, 0.2) is 23.0 Å². The molecule has 0 bridgehead atoms. The van der Waals surface area contributed by atoms with Gasteiger partial charge in [0, 0.05) is 42.7 Å². The number of Topliss-reactive ketones (excluding diaryl/α,β-unsaturated/α-hetero) is 1. The molecule has 1 saturated carbocycles. The van der Waals surface area contributed by atoms with Crippen molar-refractivity contribution in [3.8, 4) is 23.0 Å². The van der Waals surface area contributed by atoms with E-state index in [9.17, 15) is 19.8 Å². The lowest BCUT2D eigenvalue weighted by molar-refractivity contribution is -0.137. The number of carboxylic acids is 1. The van der Waals surface area contributed by atoms with Gasteiger partial charge in [0.1, 0.15) is 5.78 Å². The summed E-state index contributed by atoms with van der Waals surface area (Å²) in [5.74, 6) is 1.86. The van der Waals surface area contributed by atoms with Crippen LogP contribution in [-0.2, 0) is 16.0 Å². The Morgan fingerprint density at radius 1 is 0.882 bits per heavy atom. The van der Waals surface area contributed by atoms with Gasteiger partial charge in [-0.25, -0.2) is 0 Å². The van der Waals surface area contributed by atoms with Gasteiger partial charge in [0.25, 0.3) is 0 Å². The Morgan fingerprint density at radius 2 is 1.55 bits per heavy atom. The van der Waals surface area contributed by atoms with E-state index in [2.05, 4.69) is 11.9 Å². The molecule has 0 spiro atoms. The number of aliphatic hydroxyl groups is 2. The highest BCUT2D eigenvalue weighted by Gasteiger charge is 2.39. The molecule has 1 heterocycles. The quantitative estimate of drug-likeness (QED) is 0.0788. The zero-order valence-electron chi connectivity index (χ0n) is 30.9. The Bertz CT molecular complexity index is 1560. The Kier molecular flexibility index (Phi) is 17.7. The van der Waals surface area contributed by atoms with Crippen molar-refractivity contribution in [3.05, 3.63) is 66.0 Å². The third-order valence-corrected chi connectivity index (χ3v) is 9.47. The maximum absolute atomic E-state index is 12.2. The molecule has 3 aromatic rings. The summed E-state index contributed by atoms with van der Waals surface area (Å²) >= 11 is 0. The molecule has 0 radical (unpaired) electrons. The van der Waals surface area contributed by atoms with Gasteiger partial charge in [-0.15, -0.1) is 0 Å². The maximum Gasteiger partial charge on any atom is 0.303 e. The third kappa shape index (κ3) is 12.8. The Morgan fingerprint density at radius 3 is 2.24 bits per heavy atom. The highest BCUT2D eigenvalue weighted by atomic mass is 16.5. The summed E-state index contributed by atoms with van der Waals surface area (Å²) in [5.41, 5.74) is 2.05. The number of unbranched alkanes of at least 4 members (excludes halogenated alkanes) is 6. The molecule has 1 aliphatic rings. The summed E-state index contributed by atoms with van der Waals surface area (Å²) in [5, 5.41) is 30.9. The molecule has 0 saturated heterocycles. The van der Waals surface area contributed by atoms with Crippen molar-refractivity contribution in [1.82, 2.24) is 4.98 Å². The highest BCUT2D eigenvalue weighted by Crippen LogP contribution is 2.36. The molecule has 10 heteroatoms. The summed E-state index contributed by atoms with van der Waals surface area (Å²) in [7, 11) is 6.53. The van der Waals surface area contributed by atoms with Crippen molar-refractivity contribution < 1.29 is 43.9 Å². The van der Waals surface area contributed by atoms with Gasteiger partial charge in [0.05, 0.1) is 46.3 Å². The number of ketones is 1. The topological polar surface area (TPSA) is 145 Å². The number of aliphatic hydroxyl groups excluding tert-OH is 2. The lowest BCUT2D eigenvalue weighted by Crippen LogP contribution is -2.19. The smallest absolute Gasteiger partial charge is 0.303 e. The van der Waals surface area contributed by atoms with Gasteiger partial charge in [-0.05, 0) is 60.5 Å². The number of hydrogen-bond acceptors (Lipinski definition) is 9. The number of benzene rings is 2. The van der Waals surface area contributed by atoms with E-state index in [0.29, 0.717) is 35.8 Å². The molecule has 280 valence electrons. The summed E-state index contributed by atoms with van der Waals surface area (Å²) in [4.78, 5) is 27.2. The third-order valence-electron chi connectivity index (χ3n) is 9.47. The van der Waals surface area contributed by atoms with Crippen LogP contribution in [0.25, 0.3) is 10.8 Å². The van der Waals surface area contributed by atoms with Crippen LogP contribution < -0.4 is 18.9 Å². The normalized spacial score (nSPS) is 17.6. The molecule has 3 N–H and O–H groups in total. The zero-order valence-corrected chi connectivity index (χ0v) is 30.9. The lowest BCUT2D eigenvalue weighted by Gasteiger charge is -2.18. The largest absolute Gasteiger partial charge is 0.493 e. The molecular formula is C41H57NO9. The van der Waals surface area contributed by atoms with Crippen molar-refractivity contribution in [3.63, 3.8) is 0 Å². The molecule has 2 aromatic carbocycles. The fourth-order valence-electron chi connectivity index (χ4n) is 6.60. The summed E-state index contributed by atoms with van der Waals surface area (Å²) in [6.45, 7) is 2.12. The molecular weight excluding hydrogens is 650 g/mol. The first-order valence-corrected chi connectivity index (χ1v) is 18.1. The average Bonchev–Trinajstić information content (AvgIpc) is 3.40. The van der Waals surface area contributed by atoms with Crippen LogP contribution in [-0.4, -0.2) is 72.7 Å². The number of carboxylic acid groups (broad SMARTS) is 1. The van der Waals surface area contributed by atoms with E-state index < -0.39 is 18.2 Å². The minimum Gasteiger partial charge on any atom is -0.493 e. The number of rotatable bonds is 20. The second-order valence-corrected chi connectivity index (χ2v) is 13.1. The van der Waals surface area contributed by atoms with Crippen LogP contribution in [0.5, 0.6) is 23.0 Å². The second kappa shape index (κ2) is 21.9. The predicted molar refractivity (Wildman–Crippen MR) is 199 cm³/mol. The number of aromatic nitrogens is 1. The monoisotopic (exact) mass is 707 g/mol. The van der Waals surface area contributed by atoms with Crippen LogP contribution in [0.2, 0.25) is 0 Å². The number of methoxy groups -OCH3 is 4. The maximum atomic E-state index is 12.2. The number of pyridine rings is 1. The molecule has 1 fully saturated rings. The number of carbonyl (C=O) groups is 2. The lowest BCUT2D eigenvalue weighted by atomic mass is 9.88. The van der Waals surface area contributed by atoms with E-state index in [0.717, 1.165) is 79.8 Å². The van der Waals surface area contributed by atoms with Gasteiger partial charge in [-0.2, -0.15) is 0 Å². The van der Waals surface area contributed by atoms with Crippen molar-refractivity contribution in [2.75, 3.05) is 28.4 Å². The number of nitrogens with zero attached hydrogens (tertiary/aromatic N) is 1. The fraction of sp³-hybridized carbons (Fsp3) is 0.537. The first-order valence-electron chi connectivity index (χ1n) is 18.1. The number of hydrogen-bond donors (Lipinski definition) is 3. The van der Waals surface area contributed by atoms with Crippen LogP contribution in [0.4, 0.5) is 0 Å². The van der Waals surface area contributed by atoms with Crippen LogP contribution in [0.3, 0.4) is 0 Å². The van der Waals surface area contributed by atoms with Gasteiger partial charge in [-0.1, -0.05) is 70.1 Å². The number of ether oxygens (including phenoxy) is 4. The van der Waals surface area contributed by atoms with Crippen molar-refractivity contribution in [2.45, 2.75) is 103 Å². The molecule has 4 unspecified atom stereocenters. The molecule has 51 heavy (non-hydrogen) atoms. The minimum atomic E-state index is -0.748. The molecule has 10 nitrogen and oxygen atoms in total. The van der Waals surface area contributed by atoms with Gasteiger partial charge in [-0.3, -0.25) is 14.6 Å². The van der Waals surface area contributed by atoms with E-state index in [4.69, 9.17) is 24.1 Å². The van der Waals surface area contributed by atoms with Gasteiger partial charge >= 0.3 is 5.97 Å². The van der Waals surface area contributed by atoms with E-state index in [-0.39, 0.29) is 30.5 Å². The van der Waals surface area contributed by atoms with Gasteiger partial charge in [0.2, 0.25) is 0 Å². The highest BCUT2D eigenvalue weighted by molar-refractivity contribution is 5.88. The Balaban J connectivity index is 0.000000275. The molecule has 4 atom stereocenters. The average molecular weight is 708 g/mol. The van der Waals surface area contributed by atoms with E-state index in [1.54, 1.807) is 34.5 Å². The standard InChI is InChI=1S/C21H36O5.C20H21NO4/c1-2-3-7-10-16(22)13-14-18-17(19(23)15-20(18)24)11-8-5-4-6-9-12-21(25)26;1-22-17-6-5-13(10-18(17)23-2)9-16-15-12-20(25-4)19(24-3)11-14(15)7-8-21-16/h13-14,16-18,20,22,24H,2-12,15H2,1H3,(H,25,26);5-8,10-12H,9H2,1-4H3/b14-13+;. The van der Waals surface area contributed by atoms with Crippen LogP contribution in [0, 0.1) is 11.8 Å². The van der Waals surface area contributed by atoms with Crippen molar-refractivity contribution in [2.24, 2.45) is 11.8 Å². The summed E-state index contributed by atoms with van der Waals surface area (Å²) in [6, 6.07) is 11.8. The van der Waals surface area contributed by atoms with Crippen molar-refractivity contribution >= 4 is 22.5 Å². The summed E-state index contributed by atoms with van der Waals surface area (Å²) < 4.78 is 21.5. The number of aliphatic carboxylic acids is 1. The molecule has 0 amide bonds. The second-order valence-electron chi connectivity index (χ2n) is 13.1. The minimum absolute atomic E-state index is 0.124. The molecule has 1 aromatic heterocycles. The van der Waals surface area contributed by atoms with E-state index in [1.807, 2.05) is 48.7 Å². The first kappa shape index (κ1) is 41.3. The number of carbonyl (C=O) groups excluding carboxylic acids is 1. The zero-order chi connectivity index (χ0) is 37.2. The molecule has 1 aliphatic carbocycles. The van der Waals surface area contributed by atoms with Crippen LogP contribution in [0.1, 0.15) is 95.2 Å². The van der Waals surface area contributed by atoms with Gasteiger partial charge < -0.3 is 34.3 Å². The van der Waals surface area contributed by atoms with E-state index in [1.165, 1.54) is 0 Å². The first-order chi connectivity index (χ1) is 24.6. The Hall–Kier alpha value is -4.15. The SMILES string of the molecule is CCCCCC(O)/C=C/C1C(O)CC(=O)C1CCCCCCCC(=O)O.COc1ccc(Cc2nccc3cc(OC)c(OC)cc23)cc1OC. The summed E-state index contributed by atoms with van der Waals surface area (Å²) in [6.07, 6.45) is 14.6. The van der Waals surface area contributed by atoms with Crippen LogP contribution >= 0.6 is 0 Å². The fourth-order valence-corrected chi connectivity index (χ4v) is 6.60. The van der Waals surface area contributed by atoms with E-state index >= 15 is 0 Å². The predicted octanol–water partition coefficient (Wildman–Crippen LogP) is 7.73. The Labute approximate surface area is 302 Å².